The smallest absolute Gasteiger partial charge is 0.314 e. The molecule has 11 heteroatoms. The predicted octanol–water partition coefficient (Wildman–Crippen LogP) is 5.27. The summed E-state index contributed by atoms with van der Waals surface area (Å²) in [6.45, 7) is 1.97. The number of hydrogen-bond donors (Lipinski definition) is 0. The molecule has 2 aromatic carbocycles. The Bertz CT molecular complexity index is 1180. The van der Waals surface area contributed by atoms with Gasteiger partial charge in [-0.1, -0.05) is 22.0 Å². The van der Waals surface area contributed by atoms with Crippen molar-refractivity contribution in [3.8, 4) is 11.5 Å². The topological polar surface area (TPSA) is 65.7 Å². The summed E-state index contributed by atoms with van der Waals surface area (Å²) in [6.07, 6.45) is -0.229. The highest BCUT2D eigenvalue weighted by atomic mass is 79.9. The monoisotopic (exact) mass is 551 g/mol. The largest absolute Gasteiger partial charge is 0.415 e. The number of carbonyl (C=O) groups is 1. The Kier molecular flexibility index (Phi) is 7.75. The number of anilines is 2. The van der Waals surface area contributed by atoms with E-state index in [0.717, 1.165) is 42.2 Å². The number of piperidine rings is 1. The maximum atomic E-state index is 15.0. The third-order valence-electron chi connectivity index (χ3n) is 6.26. The fourth-order valence-electron chi connectivity index (χ4n) is 4.21. The van der Waals surface area contributed by atoms with E-state index in [1.165, 1.54) is 17.0 Å². The van der Waals surface area contributed by atoms with E-state index in [0.29, 0.717) is 18.1 Å². The lowest BCUT2D eigenvalue weighted by atomic mass is 10.0. The maximum Gasteiger partial charge on any atom is 0.314 e. The van der Waals surface area contributed by atoms with Crippen LogP contribution in [0.4, 0.5) is 24.5 Å². The highest BCUT2D eigenvalue weighted by molar-refractivity contribution is 9.10. The van der Waals surface area contributed by atoms with Gasteiger partial charge in [0.25, 0.3) is 5.89 Å². The first-order chi connectivity index (χ1) is 16.8. The van der Waals surface area contributed by atoms with Gasteiger partial charge in [-0.25, -0.2) is 4.39 Å². The molecule has 0 atom stereocenters. The lowest BCUT2D eigenvalue weighted by Gasteiger charge is -2.38. The summed E-state index contributed by atoms with van der Waals surface area (Å²) in [4.78, 5) is 18.1. The molecular formula is C24H25BrF3N5O2. The van der Waals surface area contributed by atoms with Gasteiger partial charge in [0.1, 0.15) is 5.82 Å². The summed E-state index contributed by atoms with van der Waals surface area (Å²) in [5.41, 5.74) is 1.95. The Labute approximate surface area is 209 Å². The lowest BCUT2D eigenvalue weighted by Crippen LogP contribution is -2.42. The number of rotatable bonds is 8. The minimum absolute atomic E-state index is 0.0214. The number of benzene rings is 2. The van der Waals surface area contributed by atoms with Gasteiger partial charge in [0, 0.05) is 28.7 Å². The molecule has 0 bridgehead atoms. The van der Waals surface area contributed by atoms with E-state index in [4.69, 9.17) is 4.42 Å². The zero-order chi connectivity index (χ0) is 25.1. The number of likely N-dealkylation sites (tertiary alicyclic amines) is 1. The van der Waals surface area contributed by atoms with E-state index in [2.05, 4.69) is 43.0 Å². The van der Waals surface area contributed by atoms with Crippen LogP contribution < -0.4 is 9.80 Å². The van der Waals surface area contributed by atoms with Crippen LogP contribution in [-0.2, 0) is 11.3 Å². The van der Waals surface area contributed by atoms with Gasteiger partial charge in [-0.3, -0.25) is 4.79 Å². The molecule has 186 valence electrons. The van der Waals surface area contributed by atoms with Gasteiger partial charge in [-0.2, -0.15) is 8.78 Å². The molecule has 1 amide bonds. The van der Waals surface area contributed by atoms with Crippen molar-refractivity contribution in [2.75, 3.05) is 37.0 Å². The Morgan fingerprint density at radius 3 is 2.54 bits per heavy atom. The van der Waals surface area contributed by atoms with Gasteiger partial charge in [0.05, 0.1) is 17.9 Å². The van der Waals surface area contributed by atoms with Gasteiger partial charge in [-0.15, -0.1) is 10.2 Å². The quantitative estimate of drug-likeness (QED) is 0.355. The Balaban J connectivity index is 1.58. The molecule has 3 aromatic rings. The average Bonchev–Trinajstić information content (AvgIpc) is 3.34. The molecule has 0 spiro atoms. The summed E-state index contributed by atoms with van der Waals surface area (Å²) in [5, 5.41) is 6.82. The molecule has 35 heavy (non-hydrogen) atoms. The van der Waals surface area contributed by atoms with Crippen LogP contribution in [0.1, 0.15) is 30.7 Å². The minimum Gasteiger partial charge on any atom is -0.415 e. The van der Waals surface area contributed by atoms with Crippen molar-refractivity contribution in [3.05, 3.63) is 58.1 Å². The predicted molar refractivity (Wildman–Crippen MR) is 130 cm³/mol. The summed E-state index contributed by atoms with van der Waals surface area (Å²) in [7, 11) is 4.12. The van der Waals surface area contributed by atoms with E-state index in [-0.39, 0.29) is 23.6 Å². The molecular weight excluding hydrogens is 527 g/mol. The van der Waals surface area contributed by atoms with Crippen molar-refractivity contribution in [2.24, 2.45) is 0 Å². The first-order valence-corrected chi connectivity index (χ1v) is 11.9. The van der Waals surface area contributed by atoms with Crippen LogP contribution in [0, 0.1) is 5.82 Å². The second-order valence-electron chi connectivity index (χ2n) is 8.56. The van der Waals surface area contributed by atoms with E-state index < -0.39 is 18.1 Å². The molecule has 2 heterocycles. The van der Waals surface area contributed by atoms with E-state index in [1.54, 1.807) is 0 Å². The number of hydrogen-bond acceptors (Lipinski definition) is 6. The normalized spacial score (nSPS) is 14.9. The number of alkyl halides is 2. The SMILES string of the molecule is CN1CCC(N(C)c2ccc(Br)cc2N(C=O)Cc2ccc(-c3nnc(C(F)F)o3)cc2F)CC1. The summed E-state index contributed by atoms with van der Waals surface area (Å²) >= 11 is 3.48. The van der Waals surface area contributed by atoms with Crippen LogP contribution in [0.15, 0.2) is 45.3 Å². The van der Waals surface area contributed by atoms with Gasteiger partial charge >= 0.3 is 6.43 Å². The molecule has 7 nitrogen and oxygen atoms in total. The van der Waals surface area contributed by atoms with Gasteiger partial charge in [0.15, 0.2) is 0 Å². The van der Waals surface area contributed by atoms with Crippen molar-refractivity contribution in [3.63, 3.8) is 0 Å². The third kappa shape index (κ3) is 5.67. The van der Waals surface area contributed by atoms with Crippen molar-refractivity contribution in [1.82, 2.24) is 15.1 Å². The van der Waals surface area contributed by atoms with Crippen LogP contribution in [0.3, 0.4) is 0 Å². The number of halogens is 4. The summed E-state index contributed by atoms with van der Waals surface area (Å²) < 4.78 is 46.1. The molecule has 0 saturated carbocycles. The second-order valence-corrected chi connectivity index (χ2v) is 9.48. The number of amides is 1. The number of carbonyl (C=O) groups excluding carboxylic acids is 1. The Hall–Kier alpha value is -2.92. The molecule has 0 aliphatic carbocycles. The fourth-order valence-corrected chi connectivity index (χ4v) is 4.56. The van der Waals surface area contributed by atoms with E-state index in [1.807, 2.05) is 25.2 Å². The third-order valence-corrected chi connectivity index (χ3v) is 6.75. The molecule has 0 radical (unpaired) electrons. The first kappa shape index (κ1) is 25.2. The van der Waals surface area contributed by atoms with E-state index in [9.17, 15) is 18.0 Å². The maximum absolute atomic E-state index is 15.0. The number of nitrogens with zero attached hydrogens (tertiary/aromatic N) is 5. The van der Waals surface area contributed by atoms with Crippen LogP contribution >= 0.6 is 15.9 Å². The van der Waals surface area contributed by atoms with Gasteiger partial charge in [0.2, 0.25) is 12.3 Å². The zero-order valence-electron chi connectivity index (χ0n) is 19.3. The van der Waals surface area contributed by atoms with E-state index >= 15 is 0 Å². The van der Waals surface area contributed by atoms with Crippen LogP contribution in [-0.4, -0.2) is 54.7 Å². The highest BCUT2D eigenvalue weighted by Gasteiger charge is 2.25. The summed E-state index contributed by atoms with van der Waals surface area (Å²) in [6, 6.07) is 10.1. The van der Waals surface area contributed by atoms with Crippen LogP contribution in [0.2, 0.25) is 0 Å². The van der Waals surface area contributed by atoms with Crippen molar-refractivity contribution in [1.29, 1.82) is 0 Å². The molecule has 4 rings (SSSR count). The highest BCUT2D eigenvalue weighted by Crippen LogP contribution is 2.35. The van der Waals surface area contributed by atoms with Crippen molar-refractivity contribution >= 4 is 33.7 Å². The molecule has 1 fully saturated rings. The number of aromatic nitrogens is 2. The van der Waals surface area contributed by atoms with Crippen LogP contribution in [0.25, 0.3) is 11.5 Å². The second kappa shape index (κ2) is 10.8. The van der Waals surface area contributed by atoms with Gasteiger partial charge < -0.3 is 19.1 Å². The fraction of sp³-hybridized carbons (Fsp3) is 0.375. The molecule has 1 aromatic heterocycles. The lowest BCUT2D eigenvalue weighted by molar-refractivity contribution is -0.107. The first-order valence-electron chi connectivity index (χ1n) is 11.1. The molecule has 0 N–H and O–H groups in total. The van der Waals surface area contributed by atoms with Gasteiger partial charge in [-0.05, 0) is 63.3 Å². The van der Waals surface area contributed by atoms with Crippen molar-refractivity contribution < 1.29 is 22.4 Å². The Morgan fingerprint density at radius 2 is 1.91 bits per heavy atom. The average molecular weight is 552 g/mol. The summed E-state index contributed by atoms with van der Waals surface area (Å²) in [5.74, 6) is -1.65. The molecule has 1 saturated heterocycles. The Morgan fingerprint density at radius 1 is 1.17 bits per heavy atom. The van der Waals surface area contributed by atoms with Crippen molar-refractivity contribution in [2.45, 2.75) is 31.9 Å². The standard InChI is InChI=1S/C24H25BrF3N5O2/c1-31-9-7-18(8-10-31)32(2)20-6-5-17(25)12-21(20)33(14-34)13-16-4-3-15(11-19(16)26)23-29-30-24(35-23)22(27)28/h3-6,11-12,14,18,22H,7-10,13H2,1-2H3. The molecule has 1 aliphatic rings. The molecule has 0 unspecified atom stereocenters. The zero-order valence-corrected chi connectivity index (χ0v) is 20.9. The minimum atomic E-state index is -2.91. The van der Waals surface area contributed by atoms with Crippen LogP contribution in [0.5, 0.6) is 0 Å². The molecule has 1 aliphatic heterocycles.